The van der Waals surface area contributed by atoms with Crippen molar-refractivity contribution in [1.82, 2.24) is 9.97 Å². The second-order valence-corrected chi connectivity index (χ2v) is 15.8. The molecule has 2 aromatic heterocycles. The van der Waals surface area contributed by atoms with Gasteiger partial charge in [0.15, 0.2) is 0 Å². The Kier molecular flexibility index (Phi) is 5.83. The van der Waals surface area contributed by atoms with Crippen LogP contribution in [-0.2, 0) is 10.8 Å². The van der Waals surface area contributed by atoms with Crippen molar-refractivity contribution in [3.05, 3.63) is 168 Å². The monoisotopic (exact) mass is 664 g/mol. The van der Waals surface area contributed by atoms with Crippen molar-refractivity contribution in [3.63, 3.8) is 0 Å². The molecule has 2 heteroatoms. The molecular weight excluding hydrogens is 629 g/mol. The maximum Gasteiger partial charge on any atom is 0.0346 e. The van der Waals surface area contributed by atoms with Crippen molar-refractivity contribution in [2.24, 2.45) is 0 Å². The van der Waals surface area contributed by atoms with Gasteiger partial charge in [-0.25, -0.2) is 0 Å². The molecule has 7 aromatic carbocycles. The van der Waals surface area contributed by atoms with Gasteiger partial charge in [0.25, 0.3) is 0 Å². The fourth-order valence-electron chi connectivity index (χ4n) is 10.0. The van der Waals surface area contributed by atoms with Crippen LogP contribution < -0.4 is 0 Å². The van der Waals surface area contributed by atoms with Gasteiger partial charge in [-0.1, -0.05) is 113 Å². The highest BCUT2D eigenvalue weighted by Crippen LogP contribution is 2.56. The zero-order chi connectivity index (χ0) is 34.9. The molecule has 0 spiro atoms. The van der Waals surface area contributed by atoms with E-state index in [-0.39, 0.29) is 10.8 Å². The van der Waals surface area contributed by atoms with Crippen molar-refractivity contribution < 1.29 is 0 Å². The van der Waals surface area contributed by atoms with Gasteiger partial charge in [0.2, 0.25) is 0 Å². The second kappa shape index (κ2) is 10.2. The molecule has 0 bridgehead atoms. The molecule has 0 fully saturated rings. The zero-order valence-corrected chi connectivity index (χ0v) is 29.8. The Morgan fingerprint density at radius 1 is 0.385 bits per heavy atom. The molecule has 246 valence electrons. The minimum atomic E-state index is -0.151. The van der Waals surface area contributed by atoms with Gasteiger partial charge in [0, 0.05) is 46.7 Å². The molecule has 52 heavy (non-hydrogen) atoms. The standard InChI is InChI=1S/C50H36N2/c1-49(2)43-15-7-5-13-33(43)37-19-17-35-39-23-32-26-42(30-12-10-22-52-28-30)46-36(18-20-38-34-14-6-8-16-44(34)50(3,4)48(38)46)40(32)24-31(39)25-41(45(35)47(37)49)29-11-9-21-51-27-29/h5-28H,1-4H3. The number of nitrogens with zero attached hydrogens (tertiary/aromatic N) is 2. The summed E-state index contributed by atoms with van der Waals surface area (Å²) >= 11 is 0. The third-order valence-electron chi connectivity index (χ3n) is 12.3. The Morgan fingerprint density at radius 3 is 1.25 bits per heavy atom. The maximum absolute atomic E-state index is 4.61. The molecule has 2 aliphatic rings. The van der Waals surface area contributed by atoms with Crippen LogP contribution in [0.2, 0.25) is 0 Å². The molecule has 0 N–H and O–H groups in total. The number of benzene rings is 7. The fraction of sp³-hybridized carbons (Fsp3) is 0.120. The van der Waals surface area contributed by atoms with Crippen LogP contribution >= 0.6 is 0 Å². The predicted molar refractivity (Wildman–Crippen MR) is 218 cm³/mol. The number of aromatic nitrogens is 2. The van der Waals surface area contributed by atoms with Crippen molar-refractivity contribution in [2.45, 2.75) is 38.5 Å². The molecule has 2 aliphatic carbocycles. The highest BCUT2D eigenvalue weighted by atomic mass is 14.6. The average molecular weight is 665 g/mol. The summed E-state index contributed by atoms with van der Waals surface area (Å²) in [6.07, 6.45) is 7.78. The van der Waals surface area contributed by atoms with Crippen LogP contribution in [0.5, 0.6) is 0 Å². The Morgan fingerprint density at radius 2 is 0.827 bits per heavy atom. The van der Waals surface area contributed by atoms with Gasteiger partial charge in [-0.05, 0) is 135 Å². The van der Waals surface area contributed by atoms with Crippen LogP contribution in [-0.4, -0.2) is 9.97 Å². The van der Waals surface area contributed by atoms with Crippen LogP contribution in [0.4, 0.5) is 0 Å². The lowest BCUT2D eigenvalue weighted by Gasteiger charge is -2.26. The molecule has 11 rings (SSSR count). The van der Waals surface area contributed by atoms with E-state index in [1.54, 1.807) is 0 Å². The third-order valence-corrected chi connectivity index (χ3v) is 12.3. The van der Waals surface area contributed by atoms with E-state index in [4.69, 9.17) is 0 Å². The van der Waals surface area contributed by atoms with Gasteiger partial charge < -0.3 is 0 Å². The van der Waals surface area contributed by atoms with Gasteiger partial charge in [0.05, 0.1) is 0 Å². The Balaban J connectivity index is 1.29. The molecule has 0 aliphatic heterocycles. The van der Waals surface area contributed by atoms with E-state index >= 15 is 0 Å². The van der Waals surface area contributed by atoms with Crippen LogP contribution in [0.15, 0.2) is 146 Å². The molecule has 2 nitrogen and oxygen atoms in total. The van der Waals surface area contributed by atoms with Crippen molar-refractivity contribution in [1.29, 1.82) is 0 Å². The van der Waals surface area contributed by atoms with Gasteiger partial charge in [0.1, 0.15) is 0 Å². The van der Waals surface area contributed by atoms with Gasteiger partial charge in [-0.15, -0.1) is 0 Å². The Hall–Kier alpha value is -6.12. The summed E-state index contributed by atoms with van der Waals surface area (Å²) < 4.78 is 0. The summed E-state index contributed by atoms with van der Waals surface area (Å²) in [6.45, 7) is 9.55. The normalized spacial score (nSPS) is 14.8. The van der Waals surface area contributed by atoms with Gasteiger partial charge in [-0.3, -0.25) is 9.97 Å². The SMILES string of the molecule is CC1(C)c2ccccc2-c2ccc3c(c(-c4cccnc4)cc4cc5c(cc(-c6cccnc6)c6c7c(ccc65)-c5ccccc5C7(C)C)cc43)c21. The van der Waals surface area contributed by atoms with Crippen molar-refractivity contribution >= 4 is 43.1 Å². The molecule has 0 radical (unpaired) electrons. The van der Waals surface area contributed by atoms with E-state index < -0.39 is 0 Å². The van der Waals surface area contributed by atoms with E-state index in [0.29, 0.717) is 0 Å². The summed E-state index contributed by atoms with van der Waals surface area (Å²) in [6, 6.07) is 45.7. The Bertz CT molecular complexity index is 2780. The van der Waals surface area contributed by atoms with Crippen molar-refractivity contribution in [3.8, 4) is 44.5 Å². The zero-order valence-electron chi connectivity index (χ0n) is 29.8. The largest absolute Gasteiger partial charge is 0.264 e. The first-order valence-electron chi connectivity index (χ1n) is 18.3. The topological polar surface area (TPSA) is 25.8 Å². The summed E-state index contributed by atoms with van der Waals surface area (Å²) in [5, 5.41) is 10.2. The predicted octanol–water partition coefficient (Wildman–Crippen LogP) is 13.0. The molecule has 0 amide bonds. The van der Waals surface area contributed by atoms with Gasteiger partial charge in [-0.2, -0.15) is 0 Å². The fourth-order valence-corrected chi connectivity index (χ4v) is 10.0. The van der Waals surface area contributed by atoms with Crippen molar-refractivity contribution in [2.75, 3.05) is 0 Å². The minimum absolute atomic E-state index is 0.151. The molecule has 0 atom stereocenters. The quantitative estimate of drug-likeness (QED) is 0.136. The minimum Gasteiger partial charge on any atom is -0.264 e. The van der Waals surface area contributed by atoms with E-state index in [0.717, 1.165) is 11.1 Å². The smallest absolute Gasteiger partial charge is 0.0346 e. The first kappa shape index (κ1) is 29.6. The molecule has 9 aromatic rings. The van der Waals surface area contributed by atoms with Crippen LogP contribution in [0.25, 0.3) is 87.6 Å². The number of hydrogen-bond donors (Lipinski definition) is 0. The lowest BCUT2D eigenvalue weighted by atomic mass is 9.77. The van der Waals surface area contributed by atoms with Crippen LogP contribution in [0.1, 0.15) is 49.9 Å². The summed E-state index contributed by atoms with van der Waals surface area (Å²) in [7, 11) is 0. The molecule has 0 unspecified atom stereocenters. The van der Waals surface area contributed by atoms with E-state index in [2.05, 4.69) is 159 Å². The first-order chi connectivity index (χ1) is 25.3. The molecular formula is C50H36N2. The molecule has 0 saturated carbocycles. The summed E-state index contributed by atoms with van der Waals surface area (Å²) in [5.74, 6) is 0. The first-order valence-corrected chi connectivity index (χ1v) is 18.3. The van der Waals surface area contributed by atoms with Crippen LogP contribution in [0, 0.1) is 0 Å². The Labute approximate surface area is 303 Å². The lowest BCUT2D eigenvalue weighted by molar-refractivity contribution is 0.666. The lowest BCUT2D eigenvalue weighted by Crippen LogP contribution is -2.16. The van der Waals surface area contributed by atoms with Crippen LogP contribution in [0.3, 0.4) is 0 Å². The average Bonchev–Trinajstić information content (AvgIpc) is 3.57. The summed E-state index contributed by atoms with van der Waals surface area (Å²) in [4.78, 5) is 9.21. The molecule has 0 saturated heterocycles. The van der Waals surface area contributed by atoms with E-state index in [1.807, 2.05) is 24.8 Å². The number of rotatable bonds is 2. The summed E-state index contributed by atoms with van der Waals surface area (Å²) in [5.41, 5.74) is 15.4. The number of fused-ring (bicyclic) bond motifs is 14. The number of hydrogen-bond acceptors (Lipinski definition) is 2. The highest BCUT2D eigenvalue weighted by molar-refractivity contribution is 6.24. The van der Waals surface area contributed by atoms with E-state index in [1.165, 1.54) is 98.7 Å². The molecule has 2 heterocycles. The maximum atomic E-state index is 4.61. The van der Waals surface area contributed by atoms with Gasteiger partial charge >= 0.3 is 0 Å². The second-order valence-electron chi connectivity index (χ2n) is 15.8. The third kappa shape index (κ3) is 3.79. The van der Waals surface area contributed by atoms with E-state index in [9.17, 15) is 0 Å². The highest BCUT2D eigenvalue weighted by Gasteiger charge is 2.39. The number of pyridine rings is 2.